The van der Waals surface area contributed by atoms with E-state index in [4.69, 9.17) is 10.3 Å². The predicted octanol–water partition coefficient (Wildman–Crippen LogP) is 2.30. The molecule has 0 atom stereocenters. The van der Waals surface area contributed by atoms with E-state index >= 15 is 0 Å². The summed E-state index contributed by atoms with van der Waals surface area (Å²) < 4.78 is 5.17. The van der Waals surface area contributed by atoms with Gasteiger partial charge >= 0.3 is 0 Å². The summed E-state index contributed by atoms with van der Waals surface area (Å²) in [7, 11) is 0. The third-order valence-corrected chi connectivity index (χ3v) is 2.16. The molecular formula is C12H16N4O. The highest BCUT2D eigenvalue weighted by atomic mass is 16.5. The van der Waals surface area contributed by atoms with Gasteiger partial charge in [0, 0.05) is 6.42 Å². The van der Waals surface area contributed by atoms with E-state index in [1.54, 1.807) is 18.3 Å². The van der Waals surface area contributed by atoms with Gasteiger partial charge in [0.15, 0.2) is 5.82 Å². The molecule has 2 N–H and O–H groups in total. The van der Waals surface area contributed by atoms with Gasteiger partial charge < -0.3 is 10.3 Å². The van der Waals surface area contributed by atoms with Crippen molar-refractivity contribution in [3.8, 4) is 11.6 Å². The SMILES string of the molecule is CC(C)(C)Cc1noc(-c2ccc(N)cn2)n1. The van der Waals surface area contributed by atoms with Gasteiger partial charge in [-0.1, -0.05) is 25.9 Å². The topological polar surface area (TPSA) is 77.8 Å². The molecule has 0 aliphatic carbocycles. The standard InChI is InChI=1S/C12H16N4O/c1-12(2,3)6-10-15-11(17-16-10)9-5-4-8(13)7-14-9/h4-5,7H,6,13H2,1-3H3. The third kappa shape index (κ3) is 3.03. The Balaban J connectivity index is 2.21. The summed E-state index contributed by atoms with van der Waals surface area (Å²) in [6.45, 7) is 6.39. The normalized spacial score (nSPS) is 11.7. The highest BCUT2D eigenvalue weighted by molar-refractivity contribution is 5.50. The van der Waals surface area contributed by atoms with Crippen molar-refractivity contribution in [2.24, 2.45) is 5.41 Å². The molecule has 0 fully saturated rings. The largest absolute Gasteiger partial charge is 0.397 e. The molecule has 0 amide bonds. The quantitative estimate of drug-likeness (QED) is 0.859. The Kier molecular flexibility index (Phi) is 2.83. The fourth-order valence-electron chi connectivity index (χ4n) is 1.44. The first-order valence-corrected chi connectivity index (χ1v) is 5.48. The van der Waals surface area contributed by atoms with Crippen molar-refractivity contribution in [2.75, 3.05) is 5.73 Å². The second kappa shape index (κ2) is 4.16. The van der Waals surface area contributed by atoms with Crippen molar-refractivity contribution in [3.05, 3.63) is 24.2 Å². The van der Waals surface area contributed by atoms with E-state index in [0.29, 0.717) is 23.1 Å². The van der Waals surface area contributed by atoms with Crippen LogP contribution in [0.4, 0.5) is 5.69 Å². The molecule has 2 heterocycles. The molecule has 0 unspecified atom stereocenters. The maximum absolute atomic E-state index is 5.56. The van der Waals surface area contributed by atoms with Crippen LogP contribution in [-0.4, -0.2) is 15.1 Å². The number of pyridine rings is 1. The maximum atomic E-state index is 5.56. The molecule has 5 nitrogen and oxygen atoms in total. The summed E-state index contributed by atoms with van der Waals surface area (Å²) in [5.74, 6) is 1.13. The summed E-state index contributed by atoms with van der Waals surface area (Å²) in [5.41, 5.74) is 6.96. The van der Waals surface area contributed by atoms with Crippen molar-refractivity contribution in [1.82, 2.24) is 15.1 Å². The zero-order valence-electron chi connectivity index (χ0n) is 10.3. The second-order valence-corrected chi connectivity index (χ2v) is 5.23. The van der Waals surface area contributed by atoms with Crippen LogP contribution in [0.3, 0.4) is 0 Å². The molecule has 2 aromatic rings. The smallest absolute Gasteiger partial charge is 0.276 e. The molecule has 90 valence electrons. The van der Waals surface area contributed by atoms with Crippen molar-refractivity contribution < 1.29 is 4.52 Å². The van der Waals surface area contributed by atoms with Crippen LogP contribution in [0.5, 0.6) is 0 Å². The van der Waals surface area contributed by atoms with Crippen molar-refractivity contribution >= 4 is 5.69 Å². The Morgan fingerprint density at radius 2 is 2.06 bits per heavy atom. The molecule has 2 rings (SSSR count). The minimum absolute atomic E-state index is 0.135. The fraction of sp³-hybridized carbons (Fsp3) is 0.417. The number of nitrogens with zero attached hydrogens (tertiary/aromatic N) is 3. The van der Waals surface area contributed by atoms with Gasteiger partial charge in [-0.15, -0.1) is 0 Å². The summed E-state index contributed by atoms with van der Waals surface area (Å²) in [5, 5.41) is 3.94. The molecule has 0 bridgehead atoms. The zero-order chi connectivity index (χ0) is 12.5. The van der Waals surface area contributed by atoms with E-state index < -0.39 is 0 Å². The number of hydrogen-bond donors (Lipinski definition) is 1. The van der Waals surface area contributed by atoms with Crippen LogP contribution in [-0.2, 0) is 6.42 Å². The Labute approximate surface area is 100 Å². The number of nitrogen functional groups attached to an aromatic ring is 1. The van der Waals surface area contributed by atoms with Crippen LogP contribution in [0.25, 0.3) is 11.6 Å². The summed E-state index contributed by atoms with van der Waals surface area (Å²) in [6, 6.07) is 3.53. The Morgan fingerprint density at radius 3 is 2.65 bits per heavy atom. The first-order chi connectivity index (χ1) is 7.94. The number of nitrogens with two attached hydrogens (primary N) is 1. The number of aromatic nitrogens is 3. The lowest BCUT2D eigenvalue weighted by Crippen LogP contribution is -2.10. The molecule has 0 saturated carbocycles. The summed E-state index contributed by atoms with van der Waals surface area (Å²) in [6.07, 6.45) is 2.34. The van der Waals surface area contributed by atoms with E-state index in [2.05, 4.69) is 35.9 Å². The van der Waals surface area contributed by atoms with Gasteiger partial charge in [-0.25, -0.2) is 4.98 Å². The summed E-state index contributed by atoms with van der Waals surface area (Å²) in [4.78, 5) is 8.45. The highest BCUT2D eigenvalue weighted by Gasteiger charge is 2.17. The van der Waals surface area contributed by atoms with Crippen molar-refractivity contribution in [3.63, 3.8) is 0 Å². The second-order valence-electron chi connectivity index (χ2n) is 5.23. The maximum Gasteiger partial charge on any atom is 0.276 e. The molecule has 0 aliphatic heterocycles. The molecule has 0 aliphatic rings. The molecule has 0 saturated heterocycles. The van der Waals surface area contributed by atoms with Gasteiger partial charge in [0.25, 0.3) is 5.89 Å². The van der Waals surface area contributed by atoms with E-state index in [1.165, 1.54) is 0 Å². The molecule has 0 aromatic carbocycles. The third-order valence-electron chi connectivity index (χ3n) is 2.16. The minimum Gasteiger partial charge on any atom is -0.397 e. The van der Waals surface area contributed by atoms with E-state index in [9.17, 15) is 0 Å². The first-order valence-electron chi connectivity index (χ1n) is 5.48. The van der Waals surface area contributed by atoms with Crippen molar-refractivity contribution in [2.45, 2.75) is 27.2 Å². The van der Waals surface area contributed by atoms with Crippen LogP contribution < -0.4 is 5.73 Å². The average Bonchev–Trinajstić information content (AvgIpc) is 2.64. The lowest BCUT2D eigenvalue weighted by atomic mass is 9.92. The molecular weight excluding hydrogens is 216 g/mol. The lowest BCUT2D eigenvalue weighted by Gasteiger charge is -2.14. The Hall–Kier alpha value is -1.91. The zero-order valence-corrected chi connectivity index (χ0v) is 10.3. The molecule has 0 spiro atoms. The lowest BCUT2D eigenvalue weighted by molar-refractivity contribution is 0.374. The minimum atomic E-state index is 0.135. The molecule has 2 aromatic heterocycles. The predicted molar refractivity (Wildman–Crippen MR) is 65.1 cm³/mol. The Morgan fingerprint density at radius 1 is 1.29 bits per heavy atom. The van der Waals surface area contributed by atoms with Gasteiger partial charge in [0.1, 0.15) is 5.69 Å². The van der Waals surface area contributed by atoms with Gasteiger partial charge in [-0.2, -0.15) is 4.98 Å². The van der Waals surface area contributed by atoms with Crippen LogP contribution in [0.2, 0.25) is 0 Å². The Bertz CT molecular complexity index is 496. The van der Waals surface area contributed by atoms with Crippen LogP contribution in [0.15, 0.2) is 22.9 Å². The van der Waals surface area contributed by atoms with Gasteiger partial charge in [-0.3, -0.25) is 0 Å². The first kappa shape index (κ1) is 11.6. The fourth-order valence-corrected chi connectivity index (χ4v) is 1.44. The van der Waals surface area contributed by atoms with Gasteiger partial charge in [0.2, 0.25) is 0 Å². The number of anilines is 1. The van der Waals surface area contributed by atoms with Gasteiger partial charge in [-0.05, 0) is 17.5 Å². The molecule has 0 radical (unpaired) electrons. The van der Waals surface area contributed by atoms with E-state index in [-0.39, 0.29) is 5.41 Å². The highest BCUT2D eigenvalue weighted by Crippen LogP contribution is 2.21. The van der Waals surface area contributed by atoms with Crippen LogP contribution >= 0.6 is 0 Å². The monoisotopic (exact) mass is 232 g/mol. The van der Waals surface area contributed by atoms with Crippen LogP contribution in [0, 0.1) is 5.41 Å². The average molecular weight is 232 g/mol. The van der Waals surface area contributed by atoms with Crippen molar-refractivity contribution in [1.29, 1.82) is 0 Å². The number of rotatable bonds is 2. The number of hydrogen-bond acceptors (Lipinski definition) is 5. The van der Waals surface area contributed by atoms with E-state index in [0.717, 1.165) is 6.42 Å². The van der Waals surface area contributed by atoms with E-state index in [1.807, 2.05) is 0 Å². The molecule has 5 heteroatoms. The molecule has 17 heavy (non-hydrogen) atoms. The van der Waals surface area contributed by atoms with Crippen LogP contribution in [0.1, 0.15) is 26.6 Å². The summed E-state index contributed by atoms with van der Waals surface area (Å²) >= 11 is 0. The van der Waals surface area contributed by atoms with Gasteiger partial charge in [0.05, 0.1) is 11.9 Å².